The molecule has 1 heterocycles. The smallest absolute Gasteiger partial charge is 0.194 e. The molecule has 8 heteroatoms. The second-order valence-corrected chi connectivity index (χ2v) is 7.61. The lowest BCUT2D eigenvalue weighted by Crippen LogP contribution is -2.52. The number of piperazine rings is 1. The fraction of sp³-hybridized carbons (Fsp3) is 0.458. The highest BCUT2D eigenvalue weighted by Crippen LogP contribution is 2.26. The van der Waals surface area contributed by atoms with Gasteiger partial charge in [0.05, 0.1) is 27.9 Å². The molecule has 1 aliphatic rings. The van der Waals surface area contributed by atoms with Crippen molar-refractivity contribution in [2.45, 2.75) is 20.0 Å². The van der Waals surface area contributed by atoms with E-state index in [1.54, 1.807) is 33.5 Å². The molecule has 1 aliphatic heterocycles. The molecule has 1 fully saturated rings. The summed E-state index contributed by atoms with van der Waals surface area (Å²) in [6.45, 7) is 7.58. The minimum Gasteiger partial charge on any atom is -0.508 e. The van der Waals surface area contributed by atoms with Gasteiger partial charge in [-0.05, 0) is 43.3 Å². The molecule has 2 aromatic rings. The van der Waals surface area contributed by atoms with Crippen LogP contribution in [0.3, 0.4) is 0 Å². The van der Waals surface area contributed by atoms with Crippen molar-refractivity contribution in [2.24, 2.45) is 4.99 Å². The summed E-state index contributed by atoms with van der Waals surface area (Å²) in [5, 5.41) is 13.5. The number of nitrogens with zero attached hydrogens (tertiary/aromatic N) is 3. The predicted octanol–water partition coefficient (Wildman–Crippen LogP) is 2.70. The lowest BCUT2D eigenvalue weighted by Gasteiger charge is -2.36. The van der Waals surface area contributed by atoms with Crippen LogP contribution in [-0.4, -0.2) is 74.9 Å². The molecule has 1 saturated heterocycles. The van der Waals surface area contributed by atoms with Gasteiger partial charge in [0.15, 0.2) is 5.96 Å². The van der Waals surface area contributed by atoms with Gasteiger partial charge in [0.25, 0.3) is 0 Å². The minimum absolute atomic E-state index is 0.224. The number of methoxy groups -OCH3 is 3. The van der Waals surface area contributed by atoms with Crippen LogP contribution in [0.15, 0.2) is 41.4 Å². The number of phenols is 1. The Hall–Kier alpha value is -3.13. The second-order valence-electron chi connectivity index (χ2n) is 7.61. The summed E-state index contributed by atoms with van der Waals surface area (Å²) in [5.74, 6) is 3.50. The van der Waals surface area contributed by atoms with E-state index in [9.17, 15) is 5.11 Å². The zero-order valence-corrected chi connectivity index (χ0v) is 19.4. The van der Waals surface area contributed by atoms with Crippen molar-refractivity contribution >= 4 is 5.96 Å². The van der Waals surface area contributed by atoms with Crippen molar-refractivity contribution in [1.82, 2.24) is 15.1 Å². The number of rotatable bonds is 8. The van der Waals surface area contributed by atoms with E-state index in [0.717, 1.165) is 67.9 Å². The number of hydrogen-bond donors (Lipinski definition) is 2. The minimum atomic E-state index is 0.224. The maximum absolute atomic E-state index is 10.2. The van der Waals surface area contributed by atoms with Gasteiger partial charge in [-0.1, -0.05) is 0 Å². The predicted molar refractivity (Wildman–Crippen MR) is 126 cm³/mol. The summed E-state index contributed by atoms with van der Waals surface area (Å²) < 4.78 is 16.2. The van der Waals surface area contributed by atoms with Gasteiger partial charge in [0.2, 0.25) is 0 Å². The molecule has 8 nitrogen and oxygen atoms in total. The maximum atomic E-state index is 10.2. The zero-order valence-electron chi connectivity index (χ0n) is 19.4. The third-order valence-corrected chi connectivity index (χ3v) is 5.57. The summed E-state index contributed by atoms with van der Waals surface area (Å²) in [7, 11) is 4.99. The van der Waals surface area contributed by atoms with E-state index in [1.807, 2.05) is 24.3 Å². The van der Waals surface area contributed by atoms with E-state index in [0.29, 0.717) is 12.3 Å². The molecule has 2 N–H and O–H groups in total. The Bertz CT molecular complexity index is 911. The monoisotopic (exact) mass is 442 g/mol. The maximum Gasteiger partial charge on any atom is 0.194 e. The highest BCUT2D eigenvalue weighted by Gasteiger charge is 2.21. The number of nitrogens with one attached hydrogen (secondary N) is 1. The first-order valence-corrected chi connectivity index (χ1v) is 10.9. The largest absolute Gasteiger partial charge is 0.508 e. The molecule has 0 unspecified atom stereocenters. The second kappa shape index (κ2) is 11.5. The van der Waals surface area contributed by atoms with Crippen LogP contribution in [0.5, 0.6) is 23.0 Å². The average molecular weight is 443 g/mol. The van der Waals surface area contributed by atoms with Gasteiger partial charge in [-0.2, -0.15) is 0 Å². The first kappa shape index (κ1) is 23.5. The van der Waals surface area contributed by atoms with Gasteiger partial charge in [-0.15, -0.1) is 0 Å². The summed E-state index contributed by atoms with van der Waals surface area (Å²) in [4.78, 5) is 9.44. The van der Waals surface area contributed by atoms with Gasteiger partial charge in [-0.3, -0.25) is 4.90 Å². The highest BCUT2D eigenvalue weighted by molar-refractivity contribution is 5.80. The summed E-state index contributed by atoms with van der Waals surface area (Å²) in [5.41, 5.74) is 1.86. The van der Waals surface area contributed by atoms with Gasteiger partial charge in [0.1, 0.15) is 23.0 Å². The molecular weight excluding hydrogens is 408 g/mol. The summed E-state index contributed by atoms with van der Waals surface area (Å²) in [6, 6.07) is 11.1. The van der Waals surface area contributed by atoms with Crippen LogP contribution in [0.4, 0.5) is 0 Å². The summed E-state index contributed by atoms with van der Waals surface area (Å²) >= 11 is 0. The molecule has 3 rings (SSSR count). The Labute approximate surface area is 190 Å². The third kappa shape index (κ3) is 5.97. The molecule has 0 radical (unpaired) electrons. The summed E-state index contributed by atoms with van der Waals surface area (Å²) in [6.07, 6.45) is 0. The molecule has 2 aromatic carbocycles. The number of phenolic OH excluding ortho intramolecular Hbond substituents is 1. The first-order valence-electron chi connectivity index (χ1n) is 10.9. The Morgan fingerprint density at radius 3 is 2.22 bits per heavy atom. The van der Waals surface area contributed by atoms with Crippen molar-refractivity contribution in [1.29, 1.82) is 0 Å². The van der Waals surface area contributed by atoms with Crippen molar-refractivity contribution in [3.8, 4) is 23.0 Å². The first-order chi connectivity index (χ1) is 15.6. The lowest BCUT2D eigenvalue weighted by atomic mass is 10.1. The van der Waals surface area contributed by atoms with E-state index in [-0.39, 0.29) is 5.75 Å². The van der Waals surface area contributed by atoms with E-state index in [2.05, 4.69) is 22.0 Å². The molecule has 0 aromatic heterocycles. The molecule has 174 valence electrons. The average Bonchev–Trinajstić information content (AvgIpc) is 2.83. The van der Waals surface area contributed by atoms with Gasteiger partial charge in [0, 0.05) is 50.4 Å². The van der Waals surface area contributed by atoms with Crippen LogP contribution in [0.1, 0.15) is 18.1 Å². The third-order valence-electron chi connectivity index (χ3n) is 5.57. The fourth-order valence-corrected chi connectivity index (χ4v) is 3.77. The van der Waals surface area contributed by atoms with Crippen molar-refractivity contribution in [3.63, 3.8) is 0 Å². The standard InChI is InChI=1S/C24H34N4O4/c1-5-25-24(26-16-18-14-20(30-2)6-8-22(18)29)28-12-10-27(11-13-28)17-19-15-21(31-3)7-9-23(19)32-4/h6-9,14-15,29H,5,10-13,16-17H2,1-4H3,(H,25,26). The zero-order chi connectivity index (χ0) is 22.9. The van der Waals surface area contributed by atoms with Crippen LogP contribution in [0.2, 0.25) is 0 Å². The Morgan fingerprint density at radius 2 is 1.59 bits per heavy atom. The van der Waals surface area contributed by atoms with Crippen LogP contribution >= 0.6 is 0 Å². The Kier molecular flexibility index (Phi) is 8.44. The van der Waals surface area contributed by atoms with Crippen molar-refractivity contribution in [2.75, 3.05) is 54.1 Å². The molecule has 0 amide bonds. The lowest BCUT2D eigenvalue weighted by molar-refractivity contribution is 0.171. The van der Waals surface area contributed by atoms with E-state index in [1.165, 1.54) is 0 Å². The number of benzene rings is 2. The van der Waals surface area contributed by atoms with E-state index >= 15 is 0 Å². The molecule has 0 spiro atoms. The molecule has 0 atom stereocenters. The highest BCUT2D eigenvalue weighted by atomic mass is 16.5. The molecule has 0 bridgehead atoms. The van der Waals surface area contributed by atoms with Crippen LogP contribution in [0, 0.1) is 0 Å². The van der Waals surface area contributed by atoms with Crippen LogP contribution in [0.25, 0.3) is 0 Å². The van der Waals surface area contributed by atoms with Crippen LogP contribution in [-0.2, 0) is 13.1 Å². The van der Waals surface area contributed by atoms with Crippen molar-refractivity contribution < 1.29 is 19.3 Å². The SMILES string of the molecule is CCNC(=NCc1cc(OC)ccc1O)N1CCN(Cc2cc(OC)ccc2OC)CC1. The Morgan fingerprint density at radius 1 is 0.938 bits per heavy atom. The number of aromatic hydroxyl groups is 1. The van der Waals surface area contributed by atoms with E-state index in [4.69, 9.17) is 19.2 Å². The number of aliphatic imine (C=N–C) groups is 1. The quantitative estimate of drug-likeness (QED) is 0.481. The van der Waals surface area contributed by atoms with Crippen LogP contribution < -0.4 is 19.5 Å². The fourth-order valence-electron chi connectivity index (χ4n) is 3.77. The van der Waals surface area contributed by atoms with Gasteiger partial charge in [-0.25, -0.2) is 4.99 Å². The Balaban J connectivity index is 1.63. The normalized spacial score (nSPS) is 14.9. The number of hydrogen-bond acceptors (Lipinski definition) is 6. The number of ether oxygens (including phenoxy) is 3. The number of guanidine groups is 1. The van der Waals surface area contributed by atoms with Gasteiger partial charge >= 0.3 is 0 Å². The van der Waals surface area contributed by atoms with E-state index < -0.39 is 0 Å². The molecule has 0 aliphatic carbocycles. The molecule has 32 heavy (non-hydrogen) atoms. The topological polar surface area (TPSA) is 78.8 Å². The molecule has 0 saturated carbocycles. The van der Waals surface area contributed by atoms with Crippen molar-refractivity contribution in [3.05, 3.63) is 47.5 Å². The molecular formula is C24H34N4O4. The van der Waals surface area contributed by atoms with Gasteiger partial charge < -0.3 is 29.5 Å².